The molecule has 1 saturated heterocycles. The normalized spacial score (nSPS) is 25.7. The Morgan fingerprint density at radius 2 is 1.80 bits per heavy atom. The van der Waals surface area contributed by atoms with Gasteiger partial charge in [0.25, 0.3) is 0 Å². The van der Waals surface area contributed by atoms with Crippen molar-refractivity contribution >= 4 is 20.0 Å². The van der Waals surface area contributed by atoms with Crippen LogP contribution in [0.2, 0.25) is 0 Å². The molecule has 1 saturated carbocycles. The van der Waals surface area contributed by atoms with E-state index in [1.54, 1.807) is 7.11 Å². The van der Waals surface area contributed by atoms with E-state index in [2.05, 4.69) is 35.8 Å². The van der Waals surface area contributed by atoms with Crippen LogP contribution in [0, 0.1) is 5.92 Å². The van der Waals surface area contributed by atoms with Crippen molar-refractivity contribution in [1.29, 1.82) is 0 Å². The van der Waals surface area contributed by atoms with E-state index < -0.39 is 11.7 Å². The molecule has 0 aromatic heterocycles. The molecule has 2 fully saturated rings. The van der Waals surface area contributed by atoms with E-state index in [1.807, 2.05) is 13.8 Å². The first kappa shape index (κ1) is 29.6. The van der Waals surface area contributed by atoms with Gasteiger partial charge >= 0.3 is 6.09 Å². The van der Waals surface area contributed by atoms with Crippen LogP contribution in [0.25, 0.3) is 0 Å². The van der Waals surface area contributed by atoms with Gasteiger partial charge in [-0.05, 0) is 53.4 Å². The van der Waals surface area contributed by atoms with Crippen molar-refractivity contribution in [3.63, 3.8) is 0 Å². The SMILES string of the molecule is [B]NCC(=O)NCCCCCCNC(=O)OC1CC[C@]2(CO2)C(C(C)(C)OCC=C(C)C)C1OC. The number of ether oxygens (including phenoxy) is 4. The fourth-order valence-corrected chi connectivity index (χ4v) is 4.95. The van der Waals surface area contributed by atoms with Crippen molar-refractivity contribution in [1.82, 2.24) is 15.9 Å². The van der Waals surface area contributed by atoms with Gasteiger partial charge in [0.15, 0.2) is 7.98 Å². The van der Waals surface area contributed by atoms with E-state index in [1.165, 1.54) is 5.57 Å². The van der Waals surface area contributed by atoms with Crippen molar-refractivity contribution in [3.05, 3.63) is 11.6 Å². The summed E-state index contributed by atoms with van der Waals surface area (Å²) >= 11 is 0. The molecule has 3 N–H and O–H groups in total. The molecule has 1 spiro atoms. The third-order valence-electron chi connectivity index (χ3n) is 6.81. The van der Waals surface area contributed by atoms with Gasteiger partial charge in [-0.15, -0.1) is 0 Å². The van der Waals surface area contributed by atoms with E-state index in [0.29, 0.717) is 32.7 Å². The lowest BCUT2D eigenvalue weighted by Crippen LogP contribution is -2.59. The number of hydrogen-bond donors (Lipinski definition) is 3. The largest absolute Gasteiger partial charge is 0.443 e. The lowest BCUT2D eigenvalue weighted by atomic mass is 9.68. The molecule has 1 aliphatic heterocycles. The minimum absolute atomic E-state index is 0.0572. The van der Waals surface area contributed by atoms with Crippen LogP contribution in [0.5, 0.6) is 0 Å². The summed E-state index contributed by atoms with van der Waals surface area (Å²) in [6, 6.07) is 0. The molecule has 0 aromatic carbocycles. The Kier molecular flexibility index (Phi) is 12.0. The lowest BCUT2D eigenvalue weighted by molar-refractivity contribution is -0.172. The fourth-order valence-electron chi connectivity index (χ4n) is 4.95. The zero-order chi connectivity index (χ0) is 25.9. The second-order valence-corrected chi connectivity index (χ2v) is 10.3. The minimum atomic E-state index is -0.512. The van der Waals surface area contributed by atoms with Crippen LogP contribution >= 0.6 is 0 Å². The number of nitrogens with one attached hydrogen (secondary N) is 3. The molecule has 4 atom stereocenters. The summed E-state index contributed by atoms with van der Waals surface area (Å²) in [6.45, 7) is 10.7. The van der Waals surface area contributed by atoms with Gasteiger partial charge < -0.3 is 34.8 Å². The predicted molar refractivity (Wildman–Crippen MR) is 135 cm³/mol. The van der Waals surface area contributed by atoms with Crippen LogP contribution in [-0.2, 0) is 23.7 Å². The third kappa shape index (κ3) is 9.40. The van der Waals surface area contributed by atoms with E-state index in [9.17, 15) is 9.59 Å². The van der Waals surface area contributed by atoms with Gasteiger partial charge in [0.2, 0.25) is 5.91 Å². The Balaban J connectivity index is 1.76. The molecule has 0 aromatic rings. The Hall–Kier alpha value is -1.62. The summed E-state index contributed by atoms with van der Waals surface area (Å²) in [4.78, 5) is 23.8. The van der Waals surface area contributed by atoms with Crippen LogP contribution < -0.4 is 15.9 Å². The average Bonchev–Trinajstić information content (AvgIpc) is 3.55. The number of unbranched alkanes of at least 4 members (excludes halogenated alkanes) is 3. The van der Waals surface area contributed by atoms with E-state index in [0.717, 1.165) is 32.1 Å². The van der Waals surface area contributed by atoms with E-state index in [4.69, 9.17) is 26.9 Å². The second-order valence-electron chi connectivity index (χ2n) is 10.3. The highest BCUT2D eigenvalue weighted by molar-refractivity contribution is 6.06. The molecular formula is C25H44BN3O6. The molecule has 2 rings (SSSR count). The first-order valence-electron chi connectivity index (χ1n) is 12.7. The number of allylic oxidation sites excluding steroid dienone is 1. The highest BCUT2D eigenvalue weighted by atomic mass is 16.6. The highest BCUT2D eigenvalue weighted by Gasteiger charge is 2.64. The van der Waals surface area contributed by atoms with Gasteiger partial charge in [-0.2, -0.15) is 0 Å². The molecule has 2 amide bonds. The number of rotatable bonds is 15. The van der Waals surface area contributed by atoms with Gasteiger partial charge in [0.1, 0.15) is 12.2 Å². The van der Waals surface area contributed by atoms with Crippen molar-refractivity contribution < 1.29 is 28.5 Å². The van der Waals surface area contributed by atoms with Crippen LogP contribution in [0.15, 0.2) is 11.6 Å². The summed E-state index contributed by atoms with van der Waals surface area (Å²) in [5.74, 6) is -0.170. The van der Waals surface area contributed by atoms with Crippen molar-refractivity contribution in [3.8, 4) is 0 Å². The van der Waals surface area contributed by atoms with Crippen LogP contribution in [0.1, 0.15) is 66.2 Å². The highest BCUT2D eigenvalue weighted by Crippen LogP contribution is 2.52. The maximum absolute atomic E-state index is 12.5. The van der Waals surface area contributed by atoms with E-state index >= 15 is 0 Å². The minimum Gasteiger partial charge on any atom is -0.443 e. The van der Waals surface area contributed by atoms with Gasteiger partial charge in [0, 0.05) is 26.1 Å². The molecule has 0 bridgehead atoms. The molecule has 198 valence electrons. The van der Waals surface area contributed by atoms with Crippen molar-refractivity contribution in [2.24, 2.45) is 5.92 Å². The van der Waals surface area contributed by atoms with Crippen LogP contribution in [0.4, 0.5) is 4.79 Å². The van der Waals surface area contributed by atoms with Crippen molar-refractivity contribution in [2.45, 2.75) is 89.6 Å². The van der Waals surface area contributed by atoms with Gasteiger partial charge in [-0.3, -0.25) is 4.79 Å². The second kappa shape index (κ2) is 14.2. The average molecular weight is 493 g/mol. The summed E-state index contributed by atoms with van der Waals surface area (Å²) in [6.07, 6.45) is 6.10. The zero-order valence-electron chi connectivity index (χ0n) is 22.1. The molecule has 1 aliphatic carbocycles. The molecule has 1 heterocycles. The lowest BCUT2D eigenvalue weighted by Gasteiger charge is -2.47. The summed E-state index contributed by atoms with van der Waals surface area (Å²) in [7, 11) is 6.77. The maximum atomic E-state index is 12.5. The van der Waals surface area contributed by atoms with Gasteiger partial charge in [0.05, 0.1) is 31.0 Å². The zero-order valence-corrected chi connectivity index (χ0v) is 22.1. The molecule has 9 nitrogen and oxygen atoms in total. The number of carbonyl (C=O) groups excluding carboxylic acids is 2. The number of amides is 2. The first-order valence-corrected chi connectivity index (χ1v) is 12.7. The topological polar surface area (TPSA) is 110 Å². The number of hydrogen-bond acceptors (Lipinski definition) is 7. The number of alkyl carbamates (subject to hydrolysis) is 1. The number of methoxy groups -OCH3 is 1. The molecule has 10 heteroatoms. The van der Waals surface area contributed by atoms with Crippen LogP contribution in [0.3, 0.4) is 0 Å². The Labute approximate surface area is 211 Å². The molecule has 35 heavy (non-hydrogen) atoms. The Morgan fingerprint density at radius 3 is 2.37 bits per heavy atom. The summed E-state index contributed by atoms with van der Waals surface area (Å²) < 4.78 is 23.9. The monoisotopic (exact) mass is 493 g/mol. The number of carbonyl (C=O) groups is 2. The quantitative estimate of drug-likeness (QED) is 0.139. The van der Waals surface area contributed by atoms with Crippen LogP contribution in [-0.4, -0.2) is 83.3 Å². The van der Waals surface area contributed by atoms with E-state index in [-0.39, 0.29) is 36.2 Å². The van der Waals surface area contributed by atoms with Gasteiger partial charge in [-0.25, -0.2) is 4.79 Å². The van der Waals surface area contributed by atoms with Gasteiger partial charge in [-0.1, -0.05) is 24.5 Å². The summed E-state index contributed by atoms with van der Waals surface area (Å²) in [5, 5.41) is 7.97. The predicted octanol–water partition coefficient (Wildman–Crippen LogP) is 2.39. The molecule has 2 radical (unpaired) electrons. The smallest absolute Gasteiger partial charge is 0.407 e. The Bertz CT molecular complexity index is 709. The van der Waals surface area contributed by atoms with Crippen molar-refractivity contribution in [2.75, 3.05) is 40.0 Å². The third-order valence-corrected chi connectivity index (χ3v) is 6.81. The Morgan fingerprint density at radius 1 is 1.14 bits per heavy atom. The standard InChI is InChI=1S/C25H44BN3O6/c1-18(2)11-15-33-24(3,4)22-21(32-5)19(10-12-25(22)17-34-25)35-23(31)28-14-9-7-6-8-13-27-20(30)16-29-26/h11,19,21-22,29H,6-10,12-17H2,1-5H3,(H,27,30)(H,28,31)/t19?,21?,22?,25-/m0/s1. The first-order chi connectivity index (χ1) is 16.6. The molecular weight excluding hydrogens is 449 g/mol. The fraction of sp³-hybridized carbons (Fsp3) is 0.840. The molecule has 2 aliphatic rings. The summed E-state index contributed by atoms with van der Waals surface area (Å²) in [5.41, 5.74) is 0.420. The maximum Gasteiger partial charge on any atom is 0.407 e. The molecule has 3 unspecified atom stereocenters. The number of epoxide rings is 1.